The van der Waals surface area contributed by atoms with E-state index in [9.17, 15) is 0 Å². The zero-order valence-corrected chi connectivity index (χ0v) is 8.28. The Morgan fingerprint density at radius 3 is 2.79 bits per heavy atom. The average molecular weight is 203 g/mol. The summed E-state index contributed by atoms with van der Waals surface area (Å²) < 4.78 is 9.69. The van der Waals surface area contributed by atoms with Gasteiger partial charge in [-0.2, -0.15) is 4.40 Å². The predicted octanol–water partition coefficient (Wildman–Crippen LogP) is 3.20. The minimum Gasteiger partial charge on any atom is -0.438 e. The third kappa shape index (κ3) is 2.50. The molecule has 0 saturated carbocycles. The lowest BCUT2D eigenvalue weighted by Crippen LogP contribution is -2.03. The van der Waals surface area contributed by atoms with Gasteiger partial charge in [-0.15, -0.1) is 0 Å². The van der Waals surface area contributed by atoms with E-state index in [1.165, 1.54) is 11.9 Å². The number of nitrogens with zero attached hydrogens (tertiary/aromatic N) is 1. The fraction of sp³-hybridized carbons (Fsp3) is 0. The van der Waals surface area contributed by atoms with E-state index < -0.39 is 0 Å². The highest BCUT2D eigenvalue weighted by molar-refractivity contribution is 8.01. The van der Waals surface area contributed by atoms with E-state index in [1.807, 2.05) is 54.0 Å². The van der Waals surface area contributed by atoms with Gasteiger partial charge in [-0.25, -0.2) is 0 Å². The van der Waals surface area contributed by atoms with Crippen molar-refractivity contribution in [1.29, 1.82) is 0 Å². The monoisotopic (exact) mass is 203 g/mol. The number of benzene rings is 1. The van der Waals surface area contributed by atoms with Crippen LogP contribution in [0, 0.1) is 0 Å². The molecule has 3 heteroatoms. The quantitative estimate of drug-likeness (QED) is 0.654. The van der Waals surface area contributed by atoms with E-state index in [-0.39, 0.29) is 0 Å². The lowest BCUT2D eigenvalue weighted by molar-refractivity contribution is 0.558. The molecule has 1 aliphatic rings. The maximum atomic E-state index is 5.54. The Balaban J connectivity index is 2.08. The molecule has 1 heterocycles. The lowest BCUT2D eigenvalue weighted by atomic mass is 10.3. The Hall–Kier alpha value is -1.48. The predicted molar refractivity (Wildman–Crippen MR) is 60.4 cm³/mol. The fourth-order valence-electron chi connectivity index (χ4n) is 0.993. The summed E-state index contributed by atoms with van der Waals surface area (Å²) in [6.45, 7) is 0. The molecule has 0 N–H and O–H groups in total. The Morgan fingerprint density at radius 1 is 1.07 bits per heavy atom. The van der Waals surface area contributed by atoms with Crippen molar-refractivity contribution < 1.29 is 4.74 Å². The Labute approximate surface area is 87.1 Å². The number of rotatable bonds is 1. The second-order valence-corrected chi connectivity index (χ2v) is 3.30. The van der Waals surface area contributed by atoms with Crippen molar-refractivity contribution in [2.24, 2.45) is 4.40 Å². The van der Waals surface area contributed by atoms with Gasteiger partial charge in [-0.05, 0) is 17.5 Å². The molecular formula is C11H9NOS. The zero-order valence-electron chi connectivity index (χ0n) is 7.46. The number of allylic oxidation sites excluding steroid dienone is 2. The van der Waals surface area contributed by atoms with Gasteiger partial charge in [-0.3, -0.25) is 0 Å². The van der Waals surface area contributed by atoms with Gasteiger partial charge in [0, 0.05) is 18.0 Å². The highest BCUT2D eigenvalue weighted by Gasteiger charge is 1.98. The molecule has 0 unspecified atom stereocenters. The largest absolute Gasteiger partial charge is 0.438 e. The molecule has 0 aliphatic carbocycles. The first-order valence-electron chi connectivity index (χ1n) is 4.25. The summed E-state index contributed by atoms with van der Waals surface area (Å²) in [6.07, 6.45) is 5.67. The van der Waals surface area contributed by atoms with Crippen LogP contribution in [0.25, 0.3) is 0 Å². The molecule has 0 fully saturated rings. The summed E-state index contributed by atoms with van der Waals surface area (Å²) in [5.74, 6) is 1.42. The van der Waals surface area contributed by atoms with Crippen LogP contribution in [0.4, 0.5) is 0 Å². The maximum absolute atomic E-state index is 5.54. The Bertz CT molecular complexity index is 382. The first-order valence-corrected chi connectivity index (χ1v) is 5.09. The van der Waals surface area contributed by atoms with E-state index >= 15 is 0 Å². The van der Waals surface area contributed by atoms with Crippen molar-refractivity contribution in [1.82, 2.24) is 0 Å². The Kier molecular flexibility index (Phi) is 3.03. The Morgan fingerprint density at radius 2 is 1.93 bits per heavy atom. The molecule has 1 aromatic carbocycles. The van der Waals surface area contributed by atoms with E-state index in [0.29, 0.717) is 5.90 Å². The molecule has 0 atom stereocenters. The van der Waals surface area contributed by atoms with Crippen LogP contribution in [0.15, 0.2) is 58.4 Å². The summed E-state index contributed by atoms with van der Waals surface area (Å²) in [5, 5.41) is 1.90. The van der Waals surface area contributed by atoms with E-state index in [1.54, 1.807) is 0 Å². The molecule has 2 rings (SSSR count). The van der Waals surface area contributed by atoms with Crippen LogP contribution in [0.2, 0.25) is 0 Å². The summed E-state index contributed by atoms with van der Waals surface area (Å²) in [7, 11) is 0. The van der Waals surface area contributed by atoms with Gasteiger partial charge in [0.15, 0.2) is 0 Å². The highest BCUT2D eigenvalue weighted by Crippen LogP contribution is 2.13. The number of hydrogen-bond acceptors (Lipinski definition) is 3. The lowest BCUT2D eigenvalue weighted by Gasteiger charge is -2.02. The summed E-state index contributed by atoms with van der Waals surface area (Å²) in [4.78, 5) is 0. The minimum absolute atomic E-state index is 0.617. The minimum atomic E-state index is 0.617. The summed E-state index contributed by atoms with van der Waals surface area (Å²) in [5.41, 5.74) is 0. The van der Waals surface area contributed by atoms with E-state index in [4.69, 9.17) is 4.74 Å². The van der Waals surface area contributed by atoms with E-state index in [0.717, 1.165) is 5.75 Å². The van der Waals surface area contributed by atoms with Gasteiger partial charge >= 0.3 is 0 Å². The van der Waals surface area contributed by atoms with Crippen LogP contribution in [0.5, 0.6) is 5.75 Å². The summed E-state index contributed by atoms with van der Waals surface area (Å²) in [6, 6.07) is 9.62. The van der Waals surface area contributed by atoms with Crippen LogP contribution in [0.1, 0.15) is 0 Å². The SMILES string of the molecule is C1=CSN=C(Oc2ccccc2)C=C1. The molecule has 2 nitrogen and oxygen atoms in total. The van der Waals surface area contributed by atoms with Gasteiger partial charge in [0.1, 0.15) is 5.75 Å². The second kappa shape index (κ2) is 4.67. The zero-order chi connectivity index (χ0) is 9.64. The van der Waals surface area contributed by atoms with Crippen molar-refractivity contribution >= 4 is 17.8 Å². The number of para-hydroxylation sites is 1. The molecule has 0 saturated heterocycles. The molecule has 70 valence electrons. The standard InChI is InChI=1S/C11H9NOS/c1-2-6-10(7-3-1)13-11-8-4-5-9-14-12-11/h1-9H. The van der Waals surface area contributed by atoms with Gasteiger partial charge in [0.05, 0.1) is 0 Å². The first kappa shape index (κ1) is 9.09. The van der Waals surface area contributed by atoms with E-state index in [2.05, 4.69) is 4.40 Å². The van der Waals surface area contributed by atoms with Crippen LogP contribution in [-0.4, -0.2) is 5.90 Å². The maximum Gasteiger partial charge on any atom is 0.226 e. The van der Waals surface area contributed by atoms with Crippen molar-refractivity contribution in [2.75, 3.05) is 0 Å². The molecule has 0 spiro atoms. The van der Waals surface area contributed by atoms with Crippen molar-refractivity contribution in [3.05, 3.63) is 54.0 Å². The van der Waals surface area contributed by atoms with Crippen molar-refractivity contribution in [3.8, 4) is 5.75 Å². The number of hydrogen-bond donors (Lipinski definition) is 0. The molecule has 0 amide bonds. The van der Waals surface area contributed by atoms with Crippen LogP contribution in [-0.2, 0) is 0 Å². The third-order valence-corrected chi connectivity index (χ3v) is 2.16. The van der Waals surface area contributed by atoms with Gasteiger partial charge in [-0.1, -0.05) is 30.4 Å². The first-order chi connectivity index (χ1) is 6.95. The molecule has 1 aliphatic heterocycles. The van der Waals surface area contributed by atoms with Gasteiger partial charge < -0.3 is 4.74 Å². The fourth-order valence-corrected chi connectivity index (χ4v) is 1.42. The van der Waals surface area contributed by atoms with Crippen molar-refractivity contribution in [3.63, 3.8) is 0 Å². The summed E-state index contributed by atoms with van der Waals surface area (Å²) >= 11 is 1.36. The molecule has 0 aromatic heterocycles. The molecule has 0 bridgehead atoms. The number of ether oxygens (including phenoxy) is 1. The smallest absolute Gasteiger partial charge is 0.226 e. The van der Waals surface area contributed by atoms with Gasteiger partial charge in [0.25, 0.3) is 0 Å². The molecule has 1 aromatic rings. The molecule has 0 radical (unpaired) electrons. The third-order valence-electron chi connectivity index (χ3n) is 1.60. The van der Waals surface area contributed by atoms with Crippen LogP contribution >= 0.6 is 11.9 Å². The topological polar surface area (TPSA) is 21.6 Å². The average Bonchev–Trinajstić information content (AvgIpc) is 2.48. The van der Waals surface area contributed by atoms with Crippen LogP contribution in [0.3, 0.4) is 0 Å². The second-order valence-electron chi connectivity index (χ2n) is 2.64. The highest BCUT2D eigenvalue weighted by atomic mass is 32.2. The van der Waals surface area contributed by atoms with Gasteiger partial charge in [0.2, 0.25) is 5.90 Å². The molecular weight excluding hydrogens is 194 g/mol. The van der Waals surface area contributed by atoms with Crippen molar-refractivity contribution in [2.45, 2.75) is 0 Å². The normalized spacial score (nSPS) is 14.7. The molecule has 14 heavy (non-hydrogen) atoms. The van der Waals surface area contributed by atoms with Crippen LogP contribution < -0.4 is 4.74 Å².